The minimum absolute atomic E-state index is 0.363. The van der Waals surface area contributed by atoms with E-state index in [-0.39, 0.29) is 5.91 Å². The Hall–Kier alpha value is -3.66. The molecule has 0 aliphatic heterocycles. The van der Waals surface area contributed by atoms with E-state index in [1.807, 2.05) is 66.7 Å². The molecule has 3 aromatic carbocycles. The van der Waals surface area contributed by atoms with Crippen LogP contribution in [0.25, 0.3) is 0 Å². The maximum absolute atomic E-state index is 12.8. The smallest absolute Gasteiger partial charge is 0.333 e. The fourth-order valence-electron chi connectivity index (χ4n) is 2.80. The average Bonchev–Trinajstić information content (AvgIpc) is 2.77. The molecule has 0 aliphatic carbocycles. The van der Waals surface area contributed by atoms with Crippen LogP contribution in [0.1, 0.15) is 27.6 Å². The van der Waals surface area contributed by atoms with E-state index in [0.717, 1.165) is 11.1 Å². The van der Waals surface area contributed by atoms with Crippen molar-refractivity contribution in [3.63, 3.8) is 0 Å². The maximum Gasteiger partial charge on any atom is 0.333 e. The van der Waals surface area contributed by atoms with E-state index in [1.54, 1.807) is 24.3 Å². The number of benzene rings is 3. The van der Waals surface area contributed by atoms with Gasteiger partial charge in [-0.3, -0.25) is 4.79 Å². The van der Waals surface area contributed by atoms with Crippen molar-refractivity contribution < 1.29 is 14.3 Å². The van der Waals surface area contributed by atoms with Crippen molar-refractivity contribution in [3.05, 3.63) is 120 Å². The Balaban J connectivity index is 1.78. The molecule has 3 aromatic rings. The van der Waals surface area contributed by atoms with Crippen LogP contribution in [0.5, 0.6) is 0 Å². The summed E-state index contributed by atoms with van der Waals surface area (Å²) >= 11 is 0. The van der Waals surface area contributed by atoms with E-state index in [9.17, 15) is 9.59 Å². The third-order valence-electron chi connectivity index (χ3n) is 4.25. The number of carbonyl (C=O) groups is 2. The molecule has 1 atom stereocenters. The van der Waals surface area contributed by atoms with Crippen LogP contribution in [0.4, 0.5) is 0 Å². The van der Waals surface area contributed by atoms with Crippen molar-refractivity contribution in [1.82, 2.24) is 5.32 Å². The number of carbonyl (C=O) groups excluding carboxylic acids is 2. The molecule has 28 heavy (non-hydrogen) atoms. The zero-order valence-electron chi connectivity index (χ0n) is 15.3. The third-order valence-corrected chi connectivity index (χ3v) is 4.25. The largest absolute Gasteiger partial charge is 0.451 e. The van der Waals surface area contributed by atoms with Gasteiger partial charge >= 0.3 is 5.97 Å². The van der Waals surface area contributed by atoms with E-state index in [4.69, 9.17) is 4.74 Å². The summed E-state index contributed by atoms with van der Waals surface area (Å²) in [6.07, 6.45) is 0.793. The van der Waals surface area contributed by atoms with E-state index in [2.05, 4.69) is 11.9 Å². The molecule has 0 heterocycles. The molecule has 0 radical (unpaired) electrons. The first-order valence-corrected chi connectivity index (χ1v) is 8.98. The molecule has 4 heteroatoms. The van der Waals surface area contributed by atoms with Crippen molar-refractivity contribution in [3.8, 4) is 0 Å². The summed E-state index contributed by atoms with van der Waals surface area (Å²) in [5, 5.41) is 2.66. The van der Waals surface area contributed by atoms with Gasteiger partial charge in [0.25, 0.3) is 5.91 Å². The summed E-state index contributed by atoms with van der Waals surface area (Å²) in [4.78, 5) is 25.2. The van der Waals surface area contributed by atoms with Gasteiger partial charge in [-0.2, -0.15) is 0 Å². The number of rotatable bonds is 7. The second-order valence-electron chi connectivity index (χ2n) is 6.19. The van der Waals surface area contributed by atoms with E-state index >= 15 is 0 Å². The van der Waals surface area contributed by atoms with Gasteiger partial charge in [0.1, 0.15) is 6.04 Å². The van der Waals surface area contributed by atoms with E-state index in [1.165, 1.54) is 6.08 Å². The van der Waals surface area contributed by atoms with Gasteiger partial charge in [0, 0.05) is 5.56 Å². The van der Waals surface area contributed by atoms with Gasteiger partial charge < -0.3 is 10.1 Å². The lowest BCUT2D eigenvalue weighted by atomic mass is 10.0. The van der Waals surface area contributed by atoms with Crippen molar-refractivity contribution in [1.29, 1.82) is 0 Å². The predicted octanol–water partition coefficient (Wildman–Crippen LogP) is 4.30. The molecule has 1 N–H and O–H groups in total. The molecule has 0 bridgehead atoms. The number of amides is 1. The van der Waals surface area contributed by atoms with Crippen molar-refractivity contribution >= 4 is 11.9 Å². The molecular formula is C24H21NO3. The normalized spacial score (nSPS) is 11.5. The summed E-state index contributed by atoms with van der Waals surface area (Å²) in [7, 11) is 0. The van der Waals surface area contributed by atoms with Crippen LogP contribution >= 0.6 is 0 Å². The Bertz CT molecular complexity index is 884. The Morgan fingerprint density at radius 1 is 0.786 bits per heavy atom. The summed E-state index contributed by atoms with van der Waals surface area (Å²) in [5.74, 6) is -0.935. The SMILES string of the molecule is C=C[C@H](NC(=O)c1ccccc1)C(=O)OC(c1ccccc1)c1ccccc1. The highest BCUT2D eigenvalue weighted by atomic mass is 16.5. The second-order valence-corrected chi connectivity index (χ2v) is 6.19. The molecule has 0 spiro atoms. The molecular weight excluding hydrogens is 350 g/mol. The van der Waals surface area contributed by atoms with Crippen molar-refractivity contribution in [2.75, 3.05) is 0 Å². The van der Waals surface area contributed by atoms with Crippen LogP contribution in [-0.2, 0) is 9.53 Å². The molecule has 0 unspecified atom stereocenters. The van der Waals surface area contributed by atoms with Crippen LogP contribution < -0.4 is 5.32 Å². The lowest BCUT2D eigenvalue weighted by Gasteiger charge is -2.22. The van der Waals surface area contributed by atoms with Crippen LogP contribution in [0.15, 0.2) is 104 Å². The summed E-state index contributed by atoms with van der Waals surface area (Å²) in [6, 6.07) is 26.7. The predicted molar refractivity (Wildman–Crippen MR) is 109 cm³/mol. The Morgan fingerprint density at radius 3 is 1.71 bits per heavy atom. The Kier molecular flexibility index (Phi) is 6.37. The quantitative estimate of drug-likeness (QED) is 0.497. The van der Waals surface area contributed by atoms with E-state index < -0.39 is 18.1 Å². The molecule has 0 aromatic heterocycles. The molecule has 0 saturated carbocycles. The fourth-order valence-corrected chi connectivity index (χ4v) is 2.80. The zero-order valence-corrected chi connectivity index (χ0v) is 15.3. The Labute approximate surface area is 164 Å². The lowest BCUT2D eigenvalue weighted by Crippen LogP contribution is -2.40. The topological polar surface area (TPSA) is 55.4 Å². The minimum atomic E-state index is -0.956. The molecule has 140 valence electrons. The highest BCUT2D eigenvalue weighted by Crippen LogP contribution is 2.26. The van der Waals surface area contributed by atoms with Crippen LogP contribution in [0.2, 0.25) is 0 Å². The molecule has 1 amide bonds. The summed E-state index contributed by atoms with van der Waals surface area (Å²) in [5.41, 5.74) is 2.16. The number of ether oxygens (including phenoxy) is 1. The average molecular weight is 371 g/mol. The number of nitrogens with one attached hydrogen (secondary N) is 1. The van der Waals surface area contributed by atoms with Gasteiger partial charge in [0.05, 0.1) is 0 Å². The van der Waals surface area contributed by atoms with Crippen LogP contribution in [-0.4, -0.2) is 17.9 Å². The highest BCUT2D eigenvalue weighted by Gasteiger charge is 2.25. The summed E-state index contributed by atoms with van der Waals surface area (Å²) < 4.78 is 5.79. The van der Waals surface area contributed by atoms with Crippen molar-refractivity contribution in [2.45, 2.75) is 12.1 Å². The first-order chi connectivity index (χ1) is 13.7. The maximum atomic E-state index is 12.8. The monoisotopic (exact) mass is 371 g/mol. The van der Waals surface area contributed by atoms with Gasteiger partial charge in [0.2, 0.25) is 0 Å². The molecule has 0 aliphatic rings. The minimum Gasteiger partial charge on any atom is -0.451 e. The van der Waals surface area contributed by atoms with Crippen LogP contribution in [0, 0.1) is 0 Å². The second kappa shape index (κ2) is 9.33. The van der Waals surface area contributed by atoms with Crippen molar-refractivity contribution in [2.24, 2.45) is 0 Å². The third kappa shape index (κ3) is 4.74. The van der Waals surface area contributed by atoms with Gasteiger partial charge in [-0.15, -0.1) is 6.58 Å². The molecule has 0 fully saturated rings. The standard InChI is InChI=1S/C24H21NO3/c1-2-21(25-23(26)20-16-10-5-11-17-20)24(27)28-22(18-12-6-3-7-13-18)19-14-8-4-9-15-19/h2-17,21-22H,1H2,(H,25,26)/t21-/m0/s1. The summed E-state index contributed by atoms with van der Waals surface area (Å²) in [6.45, 7) is 3.67. The Morgan fingerprint density at radius 2 is 1.25 bits per heavy atom. The van der Waals surface area contributed by atoms with Gasteiger partial charge in [-0.05, 0) is 23.3 Å². The van der Waals surface area contributed by atoms with Gasteiger partial charge in [0.15, 0.2) is 6.10 Å². The van der Waals surface area contributed by atoms with Crippen LogP contribution in [0.3, 0.4) is 0 Å². The number of hydrogen-bond donors (Lipinski definition) is 1. The van der Waals surface area contributed by atoms with E-state index in [0.29, 0.717) is 5.56 Å². The van der Waals surface area contributed by atoms with Gasteiger partial charge in [-0.25, -0.2) is 4.79 Å². The lowest BCUT2D eigenvalue weighted by molar-refractivity contribution is -0.148. The fraction of sp³-hybridized carbons (Fsp3) is 0.0833. The number of esters is 1. The highest BCUT2D eigenvalue weighted by molar-refractivity contribution is 5.97. The number of hydrogen-bond acceptors (Lipinski definition) is 3. The molecule has 4 nitrogen and oxygen atoms in total. The molecule has 3 rings (SSSR count). The zero-order chi connectivity index (χ0) is 19.8. The van der Waals surface area contributed by atoms with Gasteiger partial charge in [-0.1, -0.05) is 84.9 Å². The molecule has 0 saturated heterocycles. The first kappa shape index (κ1) is 19.1. The first-order valence-electron chi connectivity index (χ1n) is 8.98.